The molecule has 0 N–H and O–H groups in total. The number of carbonyl (C=O) groups is 1. The van der Waals surface area contributed by atoms with E-state index in [-0.39, 0.29) is 13.4 Å². The second kappa shape index (κ2) is 6.30. The van der Waals surface area contributed by atoms with Crippen LogP contribution in [-0.4, -0.2) is 25.5 Å². The minimum Gasteiger partial charge on any atom is -0.476 e. The molecule has 0 fully saturated rings. The predicted molar refractivity (Wildman–Crippen MR) is 97.9 cm³/mol. The van der Waals surface area contributed by atoms with Gasteiger partial charge < -0.3 is 23.4 Å². The van der Waals surface area contributed by atoms with Gasteiger partial charge in [0.05, 0.1) is 23.5 Å². The average Bonchev–Trinajstić information content (AvgIpc) is 3.33. The van der Waals surface area contributed by atoms with Gasteiger partial charge in [-0.05, 0) is 36.8 Å². The summed E-state index contributed by atoms with van der Waals surface area (Å²) >= 11 is 0. The van der Waals surface area contributed by atoms with Gasteiger partial charge in [-0.1, -0.05) is 18.2 Å². The van der Waals surface area contributed by atoms with Crippen molar-refractivity contribution in [2.45, 2.75) is 18.9 Å². The average molecular weight is 380 g/mol. The molecule has 3 heterocycles. The summed E-state index contributed by atoms with van der Waals surface area (Å²) in [6.07, 6.45) is -0.996. The van der Waals surface area contributed by atoms with E-state index in [9.17, 15) is 9.59 Å². The highest BCUT2D eigenvalue weighted by Gasteiger charge is 2.45. The van der Waals surface area contributed by atoms with Gasteiger partial charge >= 0.3 is 11.6 Å². The highest BCUT2D eigenvalue weighted by molar-refractivity contribution is 5.88. The predicted octanol–water partition coefficient (Wildman–Crippen LogP) is 2.98. The zero-order valence-electron chi connectivity index (χ0n) is 15.0. The van der Waals surface area contributed by atoms with Gasteiger partial charge in [-0.3, -0.25) is 0 Å². The van der Waals surface area contributed by atoms with Gasteiger partial charge in [-0.15, -0.1) is 0 Å². The van der Waals surface area contributed by atoms with Crippen molar-refractivity contribution in [3.05, 3.63) is 64.0 Å². The molecular weight excluding hydrogens is 364 g/mol. The molecule has 0 saturated carbocycles. The van der Waals surface area contributed by atoms with Crippen LogP contribution in [0.1, 0.15) is 24.0 Å². The summed E-state index contributed by atoms with van der Waals surface area (Å²) in [5.74, 6) is 0.307. The lowest BCUT2D eigenvalue weighted by molar-refractivity contribution is -0.151. The van der Waals surface area contributed by atoms with Crippen LogP contribution >= 0.6 is 0 Å². The van der Waals surface area contributed by atoms with Gasteiger partial charge in [0.15, 0.2) is 11.5 Å². The van der Waals surface area contributed by atoms with Crippen LogP contribution in [0.25, 0.3) is 11.0 Å². The lowest BCUT2D eigenvalue weighted by Crippen LogP contribution is -2.32. The number of rotatable bonds is 3. The van der Waals surface area contributed by atoms with Crippen LogP contribution in [-0.2, 0) is 9.53 Å². The third-order valence-electron chi connectivity index (χ3n) is 4.93. The number of carbonyl (C=O) groups excluding carboxylic acids is 1. The van der Waals surface area contributed by atoms with Crippen LogP contribution in [0.4, 0.5) is 0 Å². The van der Waals surface area contributed by atoms with E-state index in [1.165, 1.54) is 0 Å². The van der Waals surface area contributed by atoms with Gasteiger partial charge in [0.2, 0.25) is 12.9 Å². The Morgan fingerprint density at radius 3 is 2.82 bits per heavy atom. The molecular formula is C21H16O7. The van der Waals surface area contributed by atoms with Crippen LogP contribution in [0.3, 0.4) is 0 Å². The van der Waals surface area contributed by atoms with E-state index in [1.54, 1.807) is 43.3 Å². The first-order valence-corrected chi connectivity index (χ1v) is 8.96. The SMILES string of the molecule is CCOC(=O)[C@@H]1Oc2c(c(=O)oc3ccccc23)[C@@H]1c1ccc2c(c1)OCO2. The lowest BCUT2D eigenvalue weighted by Gasteiger charge is -2.17. The van der Waals surface area contributed by atoms with Crippen LogP contribution in [0.5, 0.6) is 17.2 Å². The number of ether oxygens (including phenoxy) is 4. The number of fused-ring (bicyclic) bond motifs is 4. The highest BCUT2D eigenvalue weighted by atomic mass is 16.7. The number of esters is 1. The fraction of sp³-hybridized carbons (Fsp3) is 0.238. The Labute approximate surface area is 159 Å². The molecule has 0 unspecified atom stereocenters. The van der Waals surface area contributed by atoms with Crippen molar-refractivity contribution in [1.82, 2.24) is 0 Å². The third-order valence-corrected chi connectivity index (χ3v) is 4.93. The maximum absolute atomic E-state index is 12.8. The molecule has 142 valence electrons. The molecule has 5 rings (SSSR count). The van der Waals surface area contributed by atoms with E-state index in [2.05, 4.69) is 0 Å². The summed E-state index contributed by atoms with van der Waals surface area (Å²) in [5, 5.41) is 0.634. The molecule has 0 saturated heterocycles. The first-order chi connectivity index (χ1) is 13.7. The Morgan fingerprint density at radius 2 is 1.96 bits per heavy atom. The third kappa shape index (κ3) is 2.43. The number of benzene rings is 2. The molecule has 2 aromatic carbocycles. The van der Waals surface area contributed by atoms with Crippen molar-refractivity contribution < 1.29 is 28.2 Å². The summed E-state index contributed by atoms with van der Waals surface area (Å²) in [6.45, 7) is 2.06. The Kier molecular flexibility index (Phi) is 3.75. The summed E-state index contributed by atoms with van der Waals surface area (Å²) in [5.41, 5.74) is 0.850. The second-order valence-corrected chi connectivity index (χ2v) is 6.51. The van der Waals surface area contributed by atoms with E-state index in [0.29, 0.717) is 39.3 Å². The maximum atomic E-state index is 12.8. The minimum atomic E-state index is -0.996. The van der Waals surface area contributed by atoms with Crippen molar-refractivity contribution in [3.8, 4) is 17.2 Å². The van der Waals surface area contributed by atoms with Crippen molar-refractivity contribution in [3.63, 3.8) is 0 Å². The van der Waals surface area contributed by atoms with E-state index in [0.717, 1.165) is 0 Å². The Bertz CT molecular complexity index is 1150. The lowest BCUT2D eigenvalue weighted by atomic mass is 9.88. The fourth-order valence-corrected chi connectivity index (χ4v) is 3.73. The minimum absolute atomic E-state index is 0.130. The van der Waals surface area contributed by atoms with Gasteiger partial charge in [-0.25, -0.2) is 9.59 Å². The van der Waals surface area contributed by atoms with Crippen molar-refractivity contribution in [2.75, 3.05) is 13.4 Å². The first kappa shape index (κ1) is 16.7. The van der Waals surface area contributed by atoms with Gasteiger partial charge in [-0.2, -0.15) is 0 Å². The van der Waals surface area contributed by atoms with Gasteiger partial charge in [0.1, 0.15) is 11.3 Å². The second-order valence-electron chi connectivity index (χ2n) is 6.51. The number of para-hydroxylation sites is 1. The molecule has 0 radical (unpaired) electrons. The number of hydrogen-bond acceptors (Lipinski definition) is 7. The van der Waals surface area contributed by atoms with Crippen molar-refractivity contribution >= 4 is 16.9 Å². The normalized spacial score (nSPS) is 19.3. The molecule has 0 spiro atoms. The molecule has 2 atom stereocenters. The molecule has 7 nitrogen and oxygen atoms in total. The summed E-state index contributed by atoms with van der Waals surface area (Å²) in [7, 11) is 0. The Hall–Kier alpha value is -3.48. The molecule has 7 heteroatoms. The molecule has 2 aliphatic rings. The first-order valence-electron chi connectivity index (χ1n) is 8.96. The van der Waals surface area contributed by atoms with Gasteiger partial charge in [0.25, 0.3) is 0 Å². The van der Waals surface area contributed by atoms with E-state index in [1.807, 2.05) is 6.07 Å². The van der Waals surface area contributed by atoms with Crippen LogP contribution in [0.15, 0.2) is 51.7 Å². The zero-order chi connectivity index (χ0) is 19.3. The molecule has 3 aromatic rings. The van der Waals surface area contributed by atoms with Gasteiger partial charge in [0, 0.05) is 0 Å². The molecule has 28 heavy (non-hydrogen) atoms. The smallest absolute Gasteiger partial charge is 0.348 e. The van der Waals surface area contributed by atoms with Crippen molar-refractivity contribution in [2.24, 2.45) is 0 Å². The van der Waals surface area contributed by atoms with Crippen molar-refractivity contribution in [1.29, 1.82) is 0 Å². The van der Waals surface area contributed by atoms with Crippen LogP contribution in [0, 0.1) is 0 Å². The number of hydrogen-bond donors (Lipinski definition) is 0. The molecule has 0 aliphatic carbocycles. The van der Waals surface area contributed by atoms with E-state index >= 15 is 0 Å². The molecule has 1 aromatic heterocycles. The quantitative estimate of drug-likeness (QED) is 0.510. The van der Waals surface area contributed by atoms with E-state index < -0.39 is 23.6 Å². The summed E-state index contributed by atoms with van der Waals surface area (Å²) in [6, 6.07) is 12.4. The fourth-order valence-electron chi connectivity index (χ4n) is 3.73. The standard InChI is InChI=1S/C21H16O7/c1-2-24-21(23)19-16(11-7-8-14-15(9-11)26-10-25-14)17-18(28-19)12-5-3-4-6-13(12)27-20(17)22/h3-9,16,19H,2,10H2,1H3/t16-,19+/m0/s1. The molecule has 0 amide bonds. The molecule has 0 bridgehead atoms. The highest BCUT2D eigenvalue weighted by Crippen LogP contribution is 2.46. The van der Waals surface area contributed by atoms with Crippen LogP contribution in [0.2, 0.25) is 0 Å². The maximum Gasteiger partial charge on any atom is 0.348 e. The Balaban J connectivity index is 1.72. The monoisotopic (exact) mass is 380 g/mol. The van der Waals surface area contributed by atoms with Crippen LogP contribution < -0.4 is 19.8 Å². The Morgan fingerprint density at radius 1 is 1.14 bits per heavy atom. The van der Waals surface area contributed by atoms with E-state index in [4.69, 9.17) is 23.4 Å². The zero-order valence-corrected chi connectivity index (χ0v) is 15.0. The topological polar surface area (TPSA) is 84.2 Å². The molecule has 2 aliphatic heterocycles. The largest absolute Gasteiger partial charge is 0.476 e. The summed E-state index contributed by atoms with van der Waals surface area (Å²) < 4.78 is 27.5. The summed E-state index contributed by atoms with van der Waals surface area (Å²) in [4.78, 5) is 25.5.